The van der Waals surface area contributed by atoms with Crippen LogP contribution in [0.1, 0.15) is 25.7 Å². The first kappa shape index (κ1) is 11.6. The van der Waals surface area contributed by atoms with E-state index in [0.717, 1.165) is 5.92 Å². The van der Waals surface area contributed by atoms with Crippen molar-refractivity contribution >= 4 is 5.69 Å². The number of fused-ring (bicyclic) bond motifs is 2. The Hall–Kier alpha value is -1.22. The molecule has 1 saturated carbocycles. The highest BCUT2D eigenvalue weighted by atomic mass is 16.3. The fourth-order valence-corrected chi connectivity index (χ4v) is 3.88. The lowest BCUT2D eigenvalue weighted by Crippen LogP contribution is -2.54. The highest BCUT2D eigenvalue weighted by molar-refractivity contribution is 5.53. The molecule has 2 atom stereocenters. The number of phenolic OH excluding ortho intramolecular Hbond substituents is 1. The third-order valence-electron chi connectivity index (χ3n) is 4.90. The molecule has 1 aliphatic carbocycles. The van der Waals surface area contributed by atoms with Crippen LogP contribution in [-0.2, 0) is 0 Å². The molecule has 1 aromatic rings. The highest BCUT2D eigenvalue weighted by Crippen LogP contribution is 2.38. The van der Waals surface area contributed by atoms with Crippen LogP contribution < -0.4 is 4.90 Å². The SMILES string of the molecule is Oc1cccc(N2[C@@H]3CC[C@H]2CN(CC2CC2)C3)c1. The molecule has 0 unspecified atom stereocenters. The number of benzene rings is 1. The molecular weight excluding hydrogens is 236 g/mol. The van der Waals surface area contributed by atoms with Crippen LogP contribution in [0.25, 0.3) is 0 Å². The molecule has 2 bridgehead atoms. The molecule has 0 spiro atoms. The van der Waals surface area contributed by atoms with Gasteiger partial charge in [0.2, 0.25) is 0 Å². The molecule has 0 aromatic heterocycles. The van der Waals surface area contributed by atoms with Crippen molar-refractivity contribution in [1.82, 2.24) is 4.90 Å². The molecule has 19 heavy (non-hydrogen) atoms. The second kappa shape index (κ2) is 4.41. The van der Waals surface area contributed by atoms with E-state index in [0.29, 0.717) is 17.8 Å². The van der Waals surface area contributed by atoms with E-state index < -0.39 is 0 Å². The summed E-state index contributed by atoms with van der Waals surface area (Å²) >= 11 is 0. The minimum atomic E-state index is 0.386. The Labute approximate surface area is 114 Å². The maximum Gasteiger partial charge on any atom is 0.117 e. The number of hydrogen-bond acceptors (Lipinski definition) is 3. The normalized spacial score (nSPS) is 30.8. The molecule has 3 heteroatoms. The molecule has 102 valence electrons. The van der Waals surface area contributed by atoms with Crippen LogP contribution in [0.2, 0.25) is 0 Å². The van der Waals surface area contributed by atoms with Gasteiger partial charge < -0.3 is 10.0 Å². The minimum Gasteiger partial charge on any atom is -0.508 e. The molecule has 4 rings (SSSR count). The van der Waals surface area contributed by atoms with Crippen molar-refractivity contribution in [3.63, 3.8) is 0 Å². The largest absolute Gasteiger partial charge is 0.508 e. The van der Waals surface area contributed by atoms with Gasteiger partial charge in [-0.15, -0.1) is 0 Å². The van der Waals surface area contributed by atoms with Crippen molar-refractivity contribution in [2.75, 3.05) is 24.5 Å². The molecule has 2 aliphatic heterocycles. The lowest BCUT2D eigenvalue weighted by atomic mass is 10.1. The molecule has 2 heterocycles. The standard InChI is InChI=1S/C16H22N2O/c19-16-3-1-2-13(8-16)18-14-6-7-15(18)11-17(10-14)9-12-4-5-12/h1-3,8,12,14-15,19H,4-7,9-11H2/t14-,15+. The van der Waals surface area contributed by atoms with Gasteiger partial charge in [0.15, 0.2) is 0 Å². The Balaban J connectivity index is 1.52. The Morgan fingerprint density at radius 3 is 2.42 bits per heavy atom. The number of aromatic hydroxyl groups is 1. The first-order valence-electron chi connectivity index (χ1n) is 7.59. The van der Waals surface area contributed by atoms with Crippen molar-refractivity contribution in [3.8, 4) is 5.75 Å². The summed E-state index contributed by atoms with van der Waals surface area (Å²) in [6.45, 7) is 3.74. The van der Waals surface area contributed by atoms with E-state index in [4.69, 9.17) is 0 Å². The average molecular weight is 258 g/mol. The van der Waals surface area contributed by atoms with Gasteiger partial charge in [0, 0.05) is 43.5 Å². The van der Waals surface area contributed by atoms with Crippen molar-refractivity contribution in [1.29, 1.82) is 0 Å². The van der Waals surface area contributed by atoms with Gasteiger partial charge in [-0.3, -0.25) is 4.90 Å². The van der Waals surface area contributed by atoms with Gasteiger partial charge in [-0.25, -0.2) is 0 Å². The summed E-state index contributed by atoms with van der Waals surface area (Å²) in [6.07, 6.45) is 5.51. The second-order valence-electron chi connectivity index (χ2n) is 6.47. The van der Waals surface area contributed by atoms with E-state index in [2.05, 4.69) is 15.9 Å². The van der Waals surface area contributed by atoms with E-state index in [1.54, 1.807) is 6.07 Å². The Morgan fingerprint density at radius 1 is 1.05 bits per heavy atom. The van der Waals surface area contributed by atoms with E-state index in [1.165, 1.54) is 51.0 Å². The van der Waals surface area contributed by atoms with Gasteiger partial charge in [0.1, 0.15) is 5.75 Å². The molecule has 0 radical (unpaired) electrons. The lowest BCUT2D eigenvalue weighted by Gasteiger charge is -2.42. The van der Waals surface area contributed by atoms with Crippen molar-refractivity contribution in [2.24, 2.45) is 5.92 Å². The van der Waals surface area contributed by atoms with Gasteiger partial charge in [0.25, 0.3) is 0 Å². The van der Waals surface area contributed by atoms with Gasteiger partial charge >= 0.3 is 0 Å². The Bertz CT molecular complexity index is 458. The van der Waals surface area contributed by atoms with E-state index in [1.807, 2.05) is 12.1 Å². The number of anilines is 1. The van der Waals surface area contributed by atoms with Crippen LogP contribution in [0.15, 0.2) is 24.3 Å². The topological polar surface area (TPSA) is 26.7 Å². The number of piperazine rings is 1. The van der Waals surface area contributed by atoms with Crippen LogP contribution in [0.4, 0.5) is 5.69 Å². The third-order valence-corrected chi connectivity index (χ3v) is 4.90. The zero-order chi connectivity index (χ0) is 12.8. The average Bonchev–Trinajstić information content (AvgIpc) is 3.15. The van der Waals surface area contributed by atoms with Gasteiger partial charge in [-0.2, -0.15) is 0 Å². The van der Waals surface area contributed by atoms with Gasteiger partial charge in [-0.1, -0.05) is 6.07 Å². The number of phenols is 1. The number of hydrogen-bond donors (Lipinski definition) is 1. The van der Waals surface area contributed by atoms with E-state index in [9.17, 15) is 5.11 Å². The zero-order valence-electron chi connectivity index (χ0n) is 11.3. The molecule has 0 amide bonds. The summed E-state index contributed by atoms with van der Waals surface area (Å²) in [4.78, 5) is 5.24. The third kappa shape index (κ3) is 2.20. The summed E-state index contributed by atoms with van der Waals surface area (Å²) in [5.74, 6) is 1.38. The molecule has 1 N–H and O–H groups in total. The Kier molecular flexibility index (Phi) is 2.69. The van der Waals surface area contributed by atoms with Crippen LogP contribution in [0.3, 0.4) is 0 Å². The Morgan fingerprint density at radius 2 is 1.79 bits per heavy atom. The zero-order valence-corrected chi connectivity index (χ0v) is 11.3. The van der Waals surface area contributed by atoms with Crippen molar-refractivity contribution in [3.05, 3.63) is 24.3 Å². The predicted octanol–water partition coefficient (Wildman–Crippen LogP) is 2.46. The van der Waals surface area contributed by atoms with E-state index >= 15 is 0 Å². The number of nitrogens with zero attached hydrogens (tertiary/aromatic N) is 2. The fourth-order valence-electron chi connectivity index (χ4n) is 3.88. The molecule has 2 saturated heterocycles. The van der Waals surface area contributed by atoms with Gasteiger partial charge in [0.05, 0.1) is 0 Å². The number of rotatable bonds is 3. The predicted molar refractivity (Wildman–Crippen MR) is 76.6 cm³/mol. The molecular formula is C16H22N2O. The summed E-state index contributed by atoms with van der Waals surface area (Å²) in [5, 5.41) is 9.68. The summed E-state index contributed by atoms with van der Waals surface area (Å²) < 4.78 is 0. The van der Waals surface area contributed by atoms with Crippen LogP contribution in [0, 0.1) is 5.92 Å². The molecule has 3 aliphatic rings. The minimum absolute atomic E-state index is 0.386. The first-order valence-corrected chi connectivity index (χ1v) is 7.59. The molecule has 3 nitrogen and oxygen atoms in total. The smallest absolute Gasteiger partial charge is 0.117 e. The molecule has 1 aromatic carbocycles. The van der Waals surface area contributed by atoms with E-state index in [-0.39, 0.29) is 0 Å². The maximum atomic E-state index is 9.68. The van der Waals surface area contributed by atoms with Crippen LogP contribution in [-0.4, -0.2) is 41.7 Å². The monoisotopic (exact) mass is 258 g/mol. The highest BCUT2D eigenvalue weighted by Gasteiger charge is 2.41. The first-order chi connectivity index (χ1) is 9.29. The lowest BCUT2D eigenvalue weighted by molar-refractivity contribution is 0.211. The second-order valence-corrected chi connectivity index (χ2v) is 6.47. The molecule has 3 fully saturated rings. The van der Waals surface area contributed by atoms with Crippen LogP contribution in [0.5, 0.6) is 5.75 Å². The van der Waals surface area contributed by atoms with Crippen molar-refractivity contribution in [2.45, 2.75) is 37.8 Å². The fraction of sp³-hybridized carbons (Fsp3) is 0.625. The maximum absolute atomic E-state index is 9.68. The number of likely N-dealkylation sites (tertiary alicyclic amines) is 1. The van der Waals surface area contributed by atoms with Crippen molar-refractivity contribution < 1.29 is 5.11 Å². The quantitative estimate of drug-likeness (QED) is 0.902. The van der Waals surface area contributed by atoms with Crippen LogP contribution >= 0.6 is 0 Å². The summed E-state index contributed by atoms with van der Waals surface area (Å²) in [7, 11) is 0. The summed E-state index contributed by atoms with van der Waals surface area (Å²) in [5.41, 5.74) is 1.21. The summed E-state index contributed by atoms with van der Waals surface area (Å²) in [6, 6.07) is 9.08. The van der Waals surface area contributed by atoms with Gasteiger partial charge in [-0.05, 0) is 43.7 Å².